The summed E-state index contributed by atoms with van der Waals surface area (Å²) in [5.74, 6) is 2.16. The average Bonchev–Trinajstić information content (AvgIpc) is 2.63. The molecule has 0 atom stereocenters. The molecule has 1 aromatic carbocycles. The number of hydrogen-bond acceptors (Lipinski definition) is 4. The Labute approximate surface area is 131 Å². The van der Waals surface area contributed by atoms with Gasteiger partial charge in [-0.15, -0.1) is 0 Å². The minimum atomic E-state index is -1.51. The maximum atomic E-state index is 6.27. The van der Waals surface area contributed by atoms with E-state index in [0.29, 0.717) is 0 Å². The van der Waals surface area contributed by atoms with Crippen molar-refractivity contribution in [1.82, 2.24) is 0 Å². The quantitative estimate of drug-likeness (QED) is 0.698. The van der Waals surface area contributed by atoms with Crippen LogP contribution in [0.3, 0.4) is 0 Å². The van der Waals surface area contributed by atoms with Crippen LogP contribution in [0.25, 0.3) is 0 Å². The van der Waals surface area contributed by atoms with Gasteiger partial charge in [0.05, 0.1) is 17.9 Å². The van der Waals surface area contributed by atoms with E-state index in [1.54, 1.807) is 11.8 Å². The summed E-state index contributed by atoms with van der Waals surface area (Å²) < 4.78 is 12.4. The molecule has 0 radical (unpaired) electrons. The van der Waals surface area contributed by atoms with E-state index in [0.717, 1.165) is 11.5 Å². The zero-order valence-corrected chi connectivity index (χ0v) is 15.8. The molecule has 0 fully saturated rings. The molecule has 0 aromatic heterocycles. The minimum Gasteiger partial charge on any atom is -0.476 e. The molecule has 0 saturated heterocycles. The van der Waals surface area contributed by atoms with Crippen LogP contribution in [0.5, 0.6) is 11.5 Å². The molecule has 2 aliphatic heterocycles. The summed E-state index contributed by atoms with van der Waals surface area (Å²) in [5, 5.41) is 1.43. The molecule has 5 heteroatoms. The highest BCUT2D eigenvalue weighted by atomic mass is 32.2. The smallest absolute Gasteiger partial charge is 0.153 e. The van der Waals surface area contributed by atoms with E-state index >= 15 is 0 Å². The van der Waals surface area contributed by atoms with E-state index in [2.05, 4.69) is 53.4 Å². The highest BCUT2D eigenvalue weighted by Crippen LogP contribution is 2.55. The number of rotatable bonds is 1. The van der Waals surface area contributed by atoms with E-state index in [-0.39, 0.29) is 9.87 Å². The van der Waals surface area contributed by atoms with Crippen molar-refractivity contribution < 1.29 is 9.47 Å². The summed E-state index contributed by atoms with van der Waals surface area (Å²) in [6.45, 7) is 15.7. The van der Waals surface area contributed by atoms with Crippen LogP contribution < -0.4 is 14.7 Å². The molecule has 2 nitrogen and oxygen atoms in total. The second-order valence-corrected chi connectivity index (χ2v) is 15.6. The molecule has 110 valence electrons. The van der Waals surface area contributed by atoms with Crippen molar-refractivity contribution in [2.45, 2.75) is 67.0 Å². The van der Waals surface area contributed by atoms with Crippen molar-refractivity contribution in [2.24, 2.45) is 0 Å². The Balaban J connectivity index is 2.23. The summed E-state index contributed by atoms with van der Waals surface area (Å²) >= 11 is 3.64. The number of ether oxygens (including phenoxy) is 2. The van der Waals surface area contributed by atoms with Crippen LogP contribution in [0.1, 0.15) is 27.7 Å². The van der Waals surface area contributed by atoms with Crippen LogP contribution >= 0.6 is 23.5 Å². The largest absolute Gasteiger partial charge is 0.476 e. The Morgan fingerprint density at radius 1 is 0.950 bits per heavy atom. The molecule has 0 spiro atoms. The summed E-state index contributed by atoms with van der Waals surface area (Å²) in [4.78, 5) is 2.20. The number of hydrogen-bond donors (Lipinski definition) is 0. The first kappa shape index (κ1) is 14.7. The van der Waals surface area contributed by atoms with Gasteiger partial charge in [-0.3, -0.25) is 0 Å². The fraction of sp³-hybridized carbons (Fsp3) is 0.600. The molecular weight excluding hydrogens is 304 g/mol. The molecule has 2 aliphatic rings. The first-order chi connectivity index (χ1) is 8.99. The Morgan fingerprint density at radius 3 is 2.15 bits per heavy atom. The maximum Gasteiger partial charge on any atom is 0.153 e. The van der Waals surface area contributed by atoms with E-state index in [4.69, 9.17) is 9.47 Å². The van der Waals surface area contributed by atoms with Crippen LogP contribution in [0, 0.1) is 0 Å². The van der Waals surface area contributed by atoms with Crippen molar-refractivity contribution in [2.75, 3.05) is 0 Å². The van der Waals surface area contributed by atoms with Gasteiger partial charge in [0.2, 0.25) is 0 Å². The third kappa shape index (κ3) is 2.38. The SMILES string of the molecule is CC1(C)Oc2c(cc3c(c2[Si](C)(C)C)SC(C)(C)O3)S1. The van der Waals surface area contributed by atoms with Gasteiger partial charge in [-0.2, -0.15) is 0 Å². The molecule has 2 heterocycles. The molecule has 20 heavy (non-hydrogen) atoms. The van der Waals surface area contributed by atoms with E-state index in [1.807, 2.05) is 11.8 Å². The molecule has 1 aromatic rings. The highest BCUT2D eigenvalue weighted by molar-refractivity contribution is 8.01. The van der Waals surface area contributed by atoms with Gasteiger partial charge in [0, 0.05) is 0 Å². The fourth-order valence-corrected chi connectivity index (χ4v) is 7.61. The van der Waals surface area contributed by atoms with Crippen LogP contribution in [-0.2, 0) is 0 Å². The third-order valence-corrected chi connectivity index (χ3v) is 7.76. The fourth-order valence-electron chi connectivity index (χ4n) is 2.70. The topological polar surface area (TPSA) is 18.5 Å². The Hall–Kier alpha value is -0.263. The minimum absolute atomic E-state index is 0.175. The van der Waals surface area contributed by atoms with Crippen LogP contribution in [0.4, 0.5) is 0 Å². The Bertz CT molecular complexity index is 546. The number of benzene rings is 1. The molecular formula is C15H22O2S2Si. The van der Waals surface area contributed by atoms with E-state index in [9.17, 15) is 0 Å². The van der Waals surface area contributed by atoms with Gasteiger partial charge < -0.3 is 9.47 Å². The predicted octanol–water partition coefficient (Wildman–Crippen LogP) is 4.67. The van der Waals surface area contributed by atoms with Gasteiger partial charge in [-0.25, -0.2) is 0 Å². The lowest BCUT2D eigenvalue weighted by Gasteiger charge is -2.24. The molecule has 0 aliphatic carbocycles. The van der Waals surface area contributed by atoms with Crippen molar-refractivity contribution in [3.63, 3.8) is 0 Å². The van der Waals surface area contributed by atoms with E-state index in [1.165, 1.54) is 15.0 Å². The zero-order chi connectivity index (χ0) is 14.9. The van der Waals surface area contributed by atoms with Crippen LogP contribution in [0.2, 0.25) is 19.6 Å². The van der Waals surface area contributed by atoms with Crippen LogP contribution in [-0.4, -0.2) is 17.9 Å². The molecule has 0 saturated carbocycles. The standard InChI is InChI=1S/C15H22O2S2Si/c1-14(2)16-9-8-10-11(17-15(3,4)18-10)13(12(9)19-14)20(5,6)7/h8H,1-7H3. The second kappa shape index (κ2) is 4.14. The lowest BCUT2D eigenvalue weighted by atomic mass is 10.3. The van der Waals surface area contributed by atoms with Crippen molar-refractivity contribution >= 4 is 36.8 Å². The average molecular weight is 327 g/mol. The molecule has 3 rings (SSSR count). The van der Waals surface area contributed by atoms with Gasteiger partial charge in [0.25, 0.3) is 0 Å². The van der Waals surface area contributed by atoms with Crippen LogP contribution in [0.15, 0.2) is 15.9 Å². The van der Waals surface area contributed by atoms with Gasteiger partial charge in [0.15, 0.2) is 9.87 Å². The summed E-state index contributed by atoms with van der Waals surface area (Å²) in [5.41, 5.74) is 0. The third-order valence-electron chi connectivity index (χ3n) is 3.32. The van der Waals surface area contributed by atoms with Gasteiger partial charge >= 0.3 is 0 Å². The summed E-state index contributed by atoms with van der Waals surface area (Å²) in [6, 6.07) is 2.18. The summed E-state index contributed by atoms with van der Waals surface area (Å²) in [7, 11) is -1.51. The van der Waals surface area contributed by atoms with Gasteiger partial charge in [-0.1, -0.05) is 43.2 Å². The lowest BCUT2D eigenvalue weighted by Crippen LogP contribution is -2.40. The first-order valence-electron chi connectivity index (χ1n) is 6.96. The zero-order valence-electron chi connectivity index (χ0n) is 13.2. The molecule has 0 amide bonds. The van der Waals surface area contributed by atoms with Crippen molar-refractivity contribution in [3.05, 3.63) is 6.07 Å². The lowest BCUT2D eigenvalue weighted by molar-refractivity contribution is 0.209. The van der Waals surface area contributed by atoms with Gasteiger partial charge in [-0.05, 0) is 38.9 Å². The number of thioether (sulfide) groups is 2. The van der Waals surface area contributed by atoms with E-state index < -0.39 is 8.07 Å². The van der Waals surface area contributed by atoms with Crippen molar-refractivity contribution in [3.8, 4) is 11.5 Å². The number of fused-ring (bicyclic) bond motifs is 2. The Morgan fingerprint density at radius 2 is 1.55 bits per heavy atom. The second-order valence-electron chi connectivity index (χ2n) is 7.36. The monoisotopic (exact) mass is 326 g/mol. The predicted molar refractivity (Wildman–Crippen MR) is 90.6 cm³/mol. The van der Waals surface area contributed by atoms with Crippen molar-refractivity contribution in [1.29, 1.82) is 0 Å². The van der Waals surface area contributed by atoms with Gasteiger partial charge in [0.1, 0.15) is 11.5 Å². The maximum absolute atomic E-state index is 6.27. The molecule has 0 N–H and O–H groups in total. The first-order valence-corrected chi connectivity index (χ1v) is 12.1. The molecule has 0 unspecified atom stereocenters. The summed E-state index contributed by atoms with van der Waals surface area (Å²) in [6.07, 6.45) is 0. The highest BCUT2D eigenvalue weighted by Gasteiger charge is 2.43. The molecule has 0 bridgehead atoms. The Kier molecular flexibility index (Phi) is 3.04. The normalized spacial score (nSPS) is 21.9.